The molecule has 2 aromatic rings. The number of likely N-dealkylation sites (N-methyl/N-ethyl adjacent to an activating group) is 1. The Kier molecular flexibility index (Phi) is 2.63. The zero-order chi connectivity index (χ0) is 15.3. The van der Waals surface area contributed by atoms with Gasteiger partial charge in [-0.15, -0.1) is 0 Å². The Hall–Kier alpha value is -2.64. The summed E-state index contributed by atoms with van der Waals surface area (Å²) in [6.07, 6.45) is 0.347. The van der Waals surface area contributed by atoms with Crippen molar-refractivity contribution < 1.29 is 14.3 Å². The number of carbonyl (C=O) groups excluding carboxylic acids is 2. The van der Waals surface area contributed by atoms with Crippen LogP contribution in [0.4, 0.5) is 4.79 Å². The van der Waals surface area contributed by atoms with Gasteiger partial charge in [-0.1, -0.05) is 0 Å². The van der Waals surface area contributed by atoms with Crippen molar-refractivity contribution in [2.24, 2.45) is 0 Å². The first kappa shape index (κ1) is 13.1. The highest BCUT2D eigenvalue weighted by atomic mass is 16.6. The molecule has 4 rings (SSSR count). The number of carbonyl (C=O) groups is 2. The van der Waals surface area contributed by atoms with Crippen LogP contribution >= 0.6 is 0 Å². The summed E-state index contributed by atoms with van der Waals surface area (Å²) in [5.41, 5.74) is 1.39. The van der Waals surface area contributed by atoms with Gasteiger partial charge in [0.2, 0.25) is 0 Å². The van der Waals surface area contributed by atoms with Crippen LogP contribution in [0.2, 0.25) is 0 Å². The molecule has 8 heteroatoms. The molecule has 8 nitrogen and oxygen atoms in total. The molecule has 3 heterocycles. The van der Waals surface area contributed by atoms with E-state index in [4.69, 9.17) is 4.74 Å². The normalized spacial score (nSPS) is 24.5. The zero-order valence-electron chi connectivity index (χ0n) is 12.1. The van der Waals surface area contributed by atoms with Gasteiger partial charge in [-0.2, -0.15) is 15.4 Å². The Morgan fingerprint density at radius 3 is 2.91 bits per heavy atom. The van der Waals surface area contributed by atoms with Crippen LogP contribution in [-0.4, -0.2) is 69.5 Å². The number of ether oxygens (including phenoxy) is 1. The number of amides is 2. The first-order valence-electron chi connectivity index (χ1n) is 7.10. The number of likely N-dealkylation sites (tertiary alicyclic amines) is 1. The van der Waals surface area contributed by atoms with E-state index in [0.717, 1.165) is 5.52 Å². The predicted molar refractivity (Wildman–Crippen MR) is 76.3 cm³/mol. The van der Waals surface area contributed by atoms with Gasteiger partial charge in [0.1, 0.15) is 11.0 Å². The number of hydrogen-bond donors (Lipinski definition) is 1. The summed E-state index contributed by atoms with van der Waals surface area (Å²) < 4.78 is 5.46. The third kappa shape index (κ3) is 1.91. The molecule has 1 aromatic carbocycles. The second-order valence-electron chi connectivity index (χ2n) is 5.91. The molecule has 0 radical (unpaired) electrons. The molecular weight excluding hydrogens is 286 g/mol. The van der Waals surface area contributed by atoms with Crippen molar-refractivity contribution in [3.63, 3.8) is 0 Å². The number of benzene rings is 1. The Labute approximate surface area is 126 Å². The van der Waals surface area contributed by atoms with E-state index in [-0.39, 0.29) is 12.0 Å². The molecule has 0 saturated carbocycles. The van der Waals surface area contributed by atoms with Crippen LogP contribution in [0.3, 0.4) is 0 Å². The first-order chi connectivity index (χ1) is 10.6. The molecule has 2 fully saturated rings. The Morgan fingerprint density at radius 2 is 2.14 bits per heavy atom. The van der Waals surface area contributed by atoms with Gasteiger partial charge in [0.25, 0.3) is 5.91 Å². The van der Waals surface area contributed by atoms with E-state index in [1.54, 1.807) is 35.0 Å². The smallest absolute Gasteiger partial charge is 0.410 e. The van der Waals surface area contributed by atoms with Gasteiger partial charge in [0.15, 0.2) is 5.60 Å². The van der Waals surface area contributed by atoms with E-state index in [2.05, 4.69) is 15.4 Å². The molecule has 1 unspecified atom stereocenters. The number of H-pyrrole nitrogens is 1. The average molecular weight is 301 g/mol. The maximum atomic E-state index is 12.6. The van der Waals surface area contributed by atoms with Gasteiger partial charge in [0.05, 0.1) is 13.1 Å². The van der Waals surface area contributed by atoms with Crippen LogP contribution in [-0.2, 0) is 4.74 Å². The quantitative estimate of drug-likeness (QED) is 0.834. The number of nitrogens with zero attached hydrogens (tertiary/aromatic N) is 4. The zero-order valence-corrected chi connectivity index (χ0v) is 12.1. The third-order valence-electron chi connectivity index (χ3n) is 4.31. The van der Waals surface area contributed by atoms with Crippen LogP contribution < -0.4 is 0 Å². The maximum Gasteiger partial charge on any atom is 0.410 e. The maximum absolute atomic E-state index is 12.6. The SMILES string of the molecule is CN1CC2(CCN(C(=O)c3ccc4n[nH]nc4c3)C2)OC1=O. The number of hydrogen-bond acceptors (Lipinski definition) is 5. The molecule has 1 aromatic heterocycles. The molecule has 114 valence electrons. The van der Waals surface area contributed by atoms with Crippen LogP contribution in [0.25, 0.3) is 11.0 Å². The molecule has 1 spiro atoms. The minimum absolute atomic E-state index is 0.0765. The van der Waals surface area contributed by atoms with Crippen LogP contribution in [0.15, 0.2) is 18.2 Å². The molecule has 22 heavy (non-hydrogen) atoms. The highest BCUT2D eigenvalue weighted by Crippen LogP contribution is 2.32. The second-order valence-corrected chi connectivity index (χ2v) is 5.91. The highest BCUT2D eigenvalue weighted by molar-refractivity contribution is 5.97. The lowest BCUT2D eigenvalue weighted by atomic mass is 10.0. The predicted octanol–water partition coefficient (Wildman–Crippen LogP) is 0.625. The van der Waals surface area contributed by atoms with E-state index in [1.165, 1.54) is 0 Å². The molecule has 2 saturated heterocycles. The van der Waals surface area contributed by atoms with Crippen molar-refractivity contribution in [3.05, 3.63) is 23.8 Å². The molecule has 2 aliphatic rings. The molecule has 0 bridgehead atoms. The minimum atomic E-state index is -0.556. The molecule has 0 aliphatic carbocycles. The van der Waals surface area contributed by atoms with E-state index >= 15 is 0 Å². The largest absolute Gasteiger partial charge is 0.439 e. The number of aromatic nitrogens is 3. The van der Waals surface area contributed by atoms with Crippen molar-refractivity contribution >= 4 is 23.0 Å². The summed E-state index contributed by atoms with van der Waals surface area (Å²) in [6.45, 7) is 1.54. The molecule has 2 amide bonds. The van der Waals surface area contributed by atoms with Crippen molar-refractivity contribution in [3.8, 4) is 0 Å². The van der Waals surface area contributed by atoms with Gasteiger partial charge in [-0.3, -0.25) is 4.79 Å². The lowest BCUT2D eigenvalue weighted by molar-refractivity contribution is 0.0553. The fraction of sp³-hybridized carbons (Fsp3) is 0.429. The summed E-state index contributed by atoms with van der Waals surface area (Å²) >= 11 is 0. The summed E-state index contributed by atoms with van der Waals surface area (Å²) in [5, 5.41) is 10.5. The summed E-state index contributed by atoms with van der Waals surface area (Å²) in [6, 6.07) is 5.23. The summed E-state index contributed by atoms with van der Waals surface area (Å²) in [7, 11) is 1.71. The van der Waals surface area contributed by atoms with Gasteiger partial charge in [-0.05, 0) is 18.2 Å². The Balaban J connectivity index is 1.55. The van der Waals surface area contributed by atoms with E-state index < -0.39 is 5.60 Å². The fourth-order valence-corrected chi connectivity index (χ4v) is 3.18. The van der Waals surface area contributed by atoms with Gasteiger partial charge in [0, 0.05) is 25.6 Å². The van der Waals surface area contributed by atoms with Gasteiger partial charge < -0.3 is 14.5 Å². The van der Waals surface area contributed by atoms with Crippen molar-refractivity contribution in [1.82, 2.24) is 25.2 Å². The first-order valence-corrected chi connectivity index (χ1v) is 7.10. The van der Waals surface area contributed by atoms with Crippen molar-refractivity contribution in [2.75, 3.05) is 26.7 Å². The second kappa shape index (κ2) is 4.43. The third-order valence-corrected chi connectivity index (χ3v) is 4.31. The molecular formula is C14H15N5O3. The van der Waals surface area contributed by atoms with Gasteiger partial charge >= 0.3 is 6.09 Å². The number of aromatic amines is 1. The molecule has 1 atom stereocenters. The van der Waals surface area contributed by atoms with Crippen molar-refractivity contribution in [2.45, 2.75) is 12.0 Å². The average Bonchev–Trinajstić information content (AvgIpc) is 3.18. The van der Waals surface area contributed by atoms with Crippen LogP contribution in [0.5, 0.6) is 0 Å². The van der Waals surface area contributed by atoms with E-state index in [0.29, 0.717) is 37.1 Å². The highest BCUT2D eigenvalue weighted by Gasteiger charge is 2.49. The Bertz CT molecular complexity index is 773. The lowest BCUT2D eigenvalue weighted by Gasteiger charge is -2.21. The van der Waals surface area contributed by atoms with Crippen LogP contribution in [0, 0.1) is 0 Å². The number of rotatable bonds is 1. The minimum Gasteiger partial charge on any atom is -0.439 e. The van der Waals surface area contributed by atoms with E-state index in [9.17, 15) is 9.59 Å². The number of nitrogens with one attached hydrogen (secondary N) is 1. The fourth-order valence-electron chi connectivity index (χ4n) is 3.18. The standard InChI is InChI=1S/C14H15N5O3/c1-18-7-14(22-13(18)21)4-5-19(8-14)12(20)9-2-3-10-11(6-9)16-17-15-10/h2-3,6H,4-5,7-8H2,1H3,(H,15,16,17). The monoisotopic (exact) mass is 301 g/mol. The molecule has 2 aliphatic heterocycles. The van der Waals surface area contributed by atoms with Gasteiger partial charge in [-0.25, -0.2) is 4.79 Å². The lowest BCUT2D eigenvalue weighted by Crippen LogP contribution is -2.39. The topological polar surface area (TPSA) is 91.4 Å². The summed E-state index contributed by atoms with van der Waals surface area (Å²) in [5.74, 6) is -0.0765. The summed E-state index contributed by atoms with van der Waals surface area (Å²) in [4.78, 5) is 27.5. The molecule has 1 N–H and O–H groups in total. The van der Waals surface area contributed by atoms with Crippen molar-refractivity contribution in [1.29, 1.82) is 0 Å². The number of fused-ring (bicyclic) bond motifs is 1. The Morgan fingerprint density at radius 1 is 1.32 bits per heavy atom. The van der Waals surface area contributed by atoms with Crippen LogP contribution in [0.1, 0.15) is 16.8 Å². The van der Waals surface area contributed by atoms with E-state index in [1.807, 2.05) is 0 Å².